The van der Waals surface area contributed by atoms with Crippen LogP contribution in [0.1, 0.15) is 60.1 Å². The van der Waals surface area contributed by atoms with Gasteiger partial charge >= 0.3 is 12.1 Å². The first-order valence-electron chi connectivity index (χ1n) is 12.4. The van der Waals surface area contributed by atoms with E-state index in [1.807, 2.05) is 12.1 Å². The summed E-state index contributed by atoms with van der Waals surface area (Å²) in [5, 5.41) is 14.8. The van der Waals surface area contributed by atoms with Gasteiger partial charge in [0, 0.05) is 10.8 Å². The first-order valence-corrected chi connectivity index (χ1v) is 13.3. The van der Waals surface area contributed by atoms with Crippen molar-refractivity contribution in [1.82, 2.24) is 10.3 Å². The topological polar surface area (TPSA) is 88.5 Å². The Kier molecular flexibility index (Phi) is 8.40. The number of nitrogens with zero attached hydrogens (tertiary/aromatic N) is 1. The first kappa shape index (κ1) is 27.6. The zero-order valence-electron chi connectivity index (χ0n) is 20.9. The van der Waals surface area contributed by atoms with E-state index in [9.17, 15) is 27.9 Å². The van der Waals surface area contributed by atoms with Gasteiger partial charge in [-0.15, -0.1) is 11.3 Å². The van der Waals surface area contributed by atoms with Crippen LogP contribution in [-0.2, 0) is 17.6 Å². The second-order valence-electron chi connectivity index (χ2n) is 9.88. The van der Waals surface area contributed by atoms with Crippen molar-refractivity contribution in [3.05, 3.63) is 70.2 Å². The standard InChI is InChI=1S/C28H29F3N2O4S/c1-16-11-17(2)13-18(12-16)7-10-22(27(35)36)32-26(34)21-9-8-19-5-3-4-6-20(19)25(21)37-14-24-33-23(15-38-24)28(29,30)31/h3-6,8-9,15,17-18,22H,1,7,10-14H2,2H3,(H,32,34)(H,35,36)/t17?,18?,22-/m0/s1. The van der Waals surface area contributed by atoms with Gasteiger partial charge in [0.15, 0.2) is 5.69 Å². The van der Waals surface area contributed by atoms with Crippen molar-refractivity contribution >= 4 is 34.0 Å². The Morgan fingerprint density at radius 3 is 2.68 bits per heavy atom. The highest BCUT2D eigenvalue weighted by atomic mass is 32.1. The molecule has 2 N–H and O–H groups in total. The number of carbonyl (C=O) groups is 2. The van der Waals surface area contributed by atoms with Crippen LogP contribution in [0, 0.1) is 11.8 Å². The molecule has 1 fully saturated rings. The van der Waals surface area contributed by atoms with Crippen LogP contribution in [0.25, 0.3) is 10.8 Å². The summed E-state index contributed by atoms with van der Waals surface area (Å²) >= 11 is 0.810. The number of hydrogen-bond acceptors (Lipinski definition) is 5. The number of halogens is 3. The lowest BCUT2D eigenvalue weighted by atomic mass is 9.77. The van der Waals surface area contributed by atoms with E-state index in [0.717, 1.165) is 41.4 Å². The van der Waals surface area contributed by atoms with Gasteiger partial charge in [-0.1, -0.05) is 49.4 Å². The molecule has 3 atom stereocenters. The molecule has 1 heterocycles. The number of aliphatic carboxylic acids is 1. The summed E-state index contributed by atoms with van der Waals surface area (Å²) in [6.45, 7) is 5.97. The zero-order chi connectivity index (χ0) is 27.4. The van der Waals surface area contributed by atoms with Crippen LogP contribution in [-0.4, -0.2) is 28.0 Å². The van der Waals surface area contributed by atoms with Crippen molar-refractivity contribution < 1.29 is 32.6 Å². The van der Waals surface area contributed by atoms with Crippen molar-refractivity contribution in [3.8, 4) is 5.75 Å². The molecular formula is C28H29F3N2O4S. The summed E-state index contributed by atoms with van der Waals surface area (Å²) in [5.74, 6) is -0.779. The highest BCUT2D eigenvalue weighted by Crippen LogP contribution is 2.35. The normalized spacial score (nSPS) is 18.8. The third-order valence-corrected chi connectivity index (χ3v) is 7.55. The molecular weight excluding hydrogens is 517 g/mol. The average molecular weight is 547 g/mol. The van der Waals surface area contributed by atoms with Crippen LogP contribution < -0.4 is 10.1 Å². The van der Waals surface area contributed by atoms with Gasteiger partial charge in [0.25, 0.3) is 5.91 Å². The predicted molar refractivity (Wildman–Crippen MR) is 139 cm³/mol. The molecule has 2 aromatic carbocycles. The van der Waals surface area contributed by atoms with Crippen LogP contribution in [0.3, 0.4) is 0 Å². The number of carbonyl (C=O) groups excluding carboxylic acids is 1. The van der Waals surface area contributed by atoms with Crippen LogP contribution in [0.15, 0.2) is 53.9 Å². The number of fused-ring (bicyclic) bond motifs is 1. The molecule has 2 unspecified atom stereocenters. The number of ether oxygens (including phenoxy) is 1. The molecule has 1 aromatic heterocycles. The van der Waals surface area contributed by atoms with E-state index in [4.69, 9.17) is 4.74 Å². The minimum Gasteiger partial charge on any atom is -0.485 e. The summed E-state index contributed by atoms with van der Waals surface area (Å²) < 4.78 is 44.7. The number of carboxylic acids is 1. The van der Waals surface area contributed by atoms with Gasteiger partial charge in [-0.25, -0.2) is 9.78 Å². The number of amides is 1. The molecule has 6 nitrogen and oxygen atoms in total. The van der Waals surface area contributed by atoms with E-state index in [-0.39, 0.29) is 29.3 Å². The van der Waals surface area contributed by atoms with Crippen molar-refractivity contribution in [1.29, 1.82) is 0 Å². The Labute approximate surface area is 222 Å². The monoisotopic (exact) mass is 546 g/mol. The Morgan fingerprint density at radius 2 is 2.00 bits per heavy atom. The van der Waals surface area contributed by atoms with Crippen LogP contribution >= 0.6 is 11.3 Å². The Hall–Kier alpha value is -3.40. The van der Waals surface area contributed by atoms with Crippen molar-refractivity contribution in [2.75, 3.05) is 0 Å². The number of benzene rings is 2. The maximum absolute atomic E-state index is 13.3. The molecule has 10 heteroatoms. The van der Waals surface area contributed by atoms with Crippen LogP contribution in [0.2, 0.25) is 0 Å². The van der Waals surface area contributed by atoms with Gasteiger partial charge in [-0.3, -0.25) is 4.79 Å². The van der Waals surface area contributed by atoms with Gasteiger partial charge in [0.2, 0.25) is 0 Å². The number of carboxylic acid groups (broad SMARTS) is 1. The van der Waals surface area contributed by atoms with E-state index in [2.05, 4.69) is 23.8 Å². The van der Waals surface area contributed by atoms with Gasteiger partial charge in [0.05, 0.1) is 5.56 Å². The lowest BCUT2D eigenvalue weighted by molar-refractivity contribution is -0.141. The second-order valence-corrected chi connectivity index (χ2v) is 10.8. The number of aromatic nitrogens is 1. The quantitative estimate of drug-likeness (QED) is 0.287. The third-order valence-electron chi connectivity index (χ3n) is 6.72. The SMILES string of the molecule is C=C1CC(C)CC(CC[C@H](NC(=O)c2ccc3ccccc3c2OCc2nc(C(F)(F)F)cs2)C(=O)O)C1. The molecule has 4 rings (SSSR count). The molecule has 0 aliphatic heterocycles. The number of rotatable bonds is 9. The number of nitrogens with one attached hydrogen (secondary N) is 1. The van der Waals surface area contributed by atoms with Crippen LogP contribution in [0.4, 0.5) is 13.2 Å². The van der Waals surface area contributed by atoms with Crippen molar-refractivity contribution in [2.24, 2.45) is 11.8 Å². The minimum absolute atomic E-state index is 0.0993. The summed E-state index contributed by atoms with van der Waals surface area (Å²) in [4.78, 5) is 28.9. The van der Waals surface area contributed by atoms with E-state index >= 15 is 0 Å². The smallest absolute Gasteiger partial charge is 0.434 e. The largest absolute Gasteiger partial charge is 0.485 e. The molecule has 38 heavy (non-hydrogen) atoms. The van der Waals surface area contributed by atoms with Gasteiger partial charge in [-0.2, -0.15) is 13.2 Å². The summed E-state index contributed by atoms with van der Waals surface area (Å²) in [5.41, 5.74) is 0.268. The maximum atomic E-state index is 13.3. The van der Waals surface area contributed by atoms with Gasteiger partial charge in [-0.05, 0) is 55.4 Å². The minimum atomic E-state index is -4.56. The van der Waals surface area contributed by atoms with Crippen molar-refractivity contribution in [3.63, 3.8) is 0 Å². The zero-order valence-corrected chi connectivity index (χ0v) is 21.7. The summed E-state index contributed by atoms with van der Waals surface area (Å²) in [7, 11) is 0. The number of allylic oxidation sites excluding steroid dienone is 1. The molecule has 0 bridgehead atoms. The van der Waals surface area contributed by atoms with E-state index in [1.54, 1.807) is 18.2 Å². The second kappa shape index (κ2) is 11.6. The fourth-order valence-corrected chi connectivity index (χ4v) is 5.77. The molecule has 0 saturated heterocycles. The van der Waals surface area contributed by atoms with Crippen LogP contribution in [0.5, 0.6) is 5.75 Å². The molecule has 1 aliphatic rings. The maximum Gasteiger partial charge on any atom is 0.434 e. The summed E-state index contributed by atoms with van der Waals surface area (Å²) in [6, 6.07) is 9.25. The number of thiazole rings is 1. The first-order chi connectivity index (χ1) is 18.0. The average Bonchev–Trinajstić information content (AvgIpc) is 3.34. The summed E-state index contributed by atoms with van der Waals surface area (Å²) in [6.07, 6.45) is -0.802. The van der Waals surface area contributed by atoms with Crippen molar-refractivity contribution in [2.45, 2.75) is 57.9 Å². The van der Waals surface area contributed by atoms with E-state index < -0.39 is 29.8 Å². The van der Waals surface area contributed by atoms with Gasteiger partial charge < -0.3 is 15.2 Å². The Morgan fingerprint density at radius 1 is 1.24 bits per heavy atom. The number of hydrogen-bond donors (Lipinski definition) is 2. The Bertz CT molecular complexity index is 1340. The van der Waals surface area contributed by atoms with E-state index in [1.165, 1.54) is 11.6 Å². The number of alkyl halides is 3. The molecule has 1 saturated carbocycles. The molecule has 0 radical (unpaired) electrons. The molecule has 1 aliphatic carbocycles. The fraction of sp³-hybridized carbons (Fsp3) is 0.393. The lowest BCUT2D eigenvalue weighted by Crippen LogP contribution is -2.41. The highest BCUT2D eigenvalue weighted by molar-refractivity contribution is 7.09. The molecule has 202 valence electrons. The van der Waals surface area contributed by atoms with E-state index in [0.29, 0.717) is 23.6 Å². The fourth-order valence-electron chi connectivity index (χ4n) is 5.05. The highest BCUT2D eigenvalue weighted by Gasteiger charge is 2.34. The lowest BCUT2D eigenvalue weighted by Gasteiger charge is -2.29. The van der Waals surface area contributed by atoms with Gasteiger partial charge in [0.1, 0.15) is 23.4 Å². The predicted octanol–water partition coefficient (Wildman–Crippen LogP) is 6.85. The Balaban J connectivity index is 1.52. The molecule has 0 spiro atoms. The third kappa shape index (κ3) is 6.72. The molecule has 3 aromatic rings. The molecule has 1 amide bonds.